The molecule has 2 aromatic carbocycles. The Morgan fingerprint density at radius 2 is 1.88 bits per heavy atom. The zero-order valence-electron chi connectivity index (χ0n) is 13.3. The molecule has 0 saturated heterocycles. The van der Waals surface area contributed by atoms with Crippen LogP contribution in [0.25, 0.3) is 11.4 Å². The first-order valence-electron chi connectivity index (χ1n) is 7.42. The van der Waals surface area contributed by atoms with Crippen LogP contribution >= 0.6 is 15.9 Å². The lowest BCUT2D eigenvalue weighted by Crippen LogP contribution is -2.20. The van der Waals surface area contributed by atoms with E-state index in [1.807, 2.05) is 50.2 Å². The molecule has 3 aromatic rings. The largest absolute Gasteiger partial charge is 0.324 e. The summed E-state index contributed by atoms with van der Waals surface area (Å²) in [6, 6.07) is 13.5. The van der Waals surface area contributed by atoms with Crippen LogP contribution in [0, 0.1) is 13.8 Å². The van der Waals surface area contributed by atoms with Gasteiger partial charge in [-0.3, -0.25) is 4.79 Å². The highest BCUT2D eigenvalue weighted by molar-refractivity contribution is 9.10. The van der Waals surface area contributed by atoms with Gasteiger partial charge in [-0.25, -0.2) is 0 Å². The van der Waals surface area contributed by atoms with Crippen molar-refractivity contribution in [1.82, 2.24) is 20.2 Å². The molecule has 3 rings (SSSR count). The zero-order chi connectivity index (χ0) is 17.1. The maximum atomic E-state index is 12.2. The number of anilines is 1. The van der Waals surface area contributed by atoms with Gasteiger partial charge in [0.1, 0.15) is 6.54 Å². The molecule has 0 fully saturated rings. The van der Waals surface area contributed by atoms with Crippen LogP contribution in [0.5, 0.6) is 0 Å². The van der Waals surface area contributed by atoms with E-state index in [9.17, 15) is 4.79 Å². The summed E-state index contributed by atoms with van der Waals surface area (Å²) in [5.41, 5.74) is 3.79. The van der Waals surface area contributed by atoms with E-state index >= 15 is 0 Å². The molecule has 0 aliphatic rings. The number of carbonyl (C=O) groups excluding carboxylic acids is 1. The number of amides is 1. The average Bonchev–Trinajstić information content (AvgIpc) is 2.94. The Balaban J connectivity index is 1.70. The summed E-state index contributed by atoms with van der Waals surface area (Å²) in [7, 11) is 0. The number of aromatic nitrogens is 4. The van der Waals surface area contributed by atoms with E-state index < -0.39 is 0 Å². The minimum atomic E-state index is -0.198. The molecular formula is C17H16BrN5O. The van der Waals surface area contributed by atoms with Gasteiger partial charge in [0.05, 0.1) is 0 Å². The summed E-state index contributed by atoms with van der Waals surface area (Å²) in [6.45, 7) is 3.99. The Morgan fingerprint density at radius 1 is 1.17 bits per heavy atom. The second-order valence-electron chi connectivity index (χ2n) is 5.55. The molecule has 0 aliphatic carbocycles. The molecule has 0 aliphatic heterocycles. The Kier molecular flexibility index (Phi) is 4.71. The fraction of sp³-hybridized carbons (Fsp3) is 0.176. The van der Waals surface area contributed by atoms with E-state index in [0.29, 0.717) is 5.82 Å². The number of benzene rings is 2. The fourth-order valence-electron chi connectivity index (χ4n) is 2.44. The Bertz CT molecular complexity index is 870. The molecule has 1 aromatic heterocycles. The maximum absolute atomic E-state index is 12.2. The standard InChI is InChI=1S/C17H16BrN5O/c1-11-7-12(2)9-13(8-11)19-16(24)10-23-21-17(20-22-23)14-5-3-4-6-15(14)18/h3-9H,10H2,1-2H3,(H,19,24). The normalized spacial score (nSPS) is 10.6. The van der Waals surface area contributed by atoms with Crippen molar-refractivity contribution < 1.29 is 4.79 Å². The van der Waals surface area contributed by atoms with Gasteiger partial charge in [0.2, 0.25) is 11.7 Å². The van der Waals surface area contributed by atoms with E-state index in [2.05, 4.69) is 42.7 Å². The van der Waals surface area contributed by atoms with Crippen molar-refractivity contribution in [2.75, 3.05) is 5.32 Å². The van der Waals surface area contributed by atoms with E-state index in [1.165, 1.54) is 4.80 Å². The summed E-state index contributed by atoms with van der Waals surface area (Å²) in [4.78, 5) is 13.5. The monoisotopic (exact) mass is 385 g/mol. The van der Waals surface area contributed by atoms with Crippen molar-refractivity contribution in [3.05, 3.63) is 58.1 Å². The minimum Gasteiger partial charge on any atom is -0.324 e. The first-order chi connectivity index (χ1) is 11.5. The van der Waals surface area contributed by atoms with Gasteiger partial charge in [-0.2, -0.15) is 4.80 Å². The molecule has 122 valence electrons. The van der Waals surface area contributed by atoms with Gasteiger partial charge >= 0.3 is 0 Å². The van der Waals surface area contributed by atoms with Gasteiger partial charge in [0, 0.05) is 15.7 Å². The minimum absolute atomic E-state index is 0.00441. The third-order valence-electron chi connectivity index (χ3n) is 3.36. The van der Waals surface area contributed by atoms with Crippen molar-refractivity contribution in [3.8, 4) is 11.4 Å². The summed E-state index contributed by atoms with van der Waals surface area (Å²) in [5, 5.41) is 15.1. The Morgan fingerprint density at radius 3 is 2.58 bits per heavy atom. The number of nitrogens with zero attached hydrogens (tertiary/aromatic N) is 4. The lowest BCUT2D eigenvalue weighted by Gasteiger charge is -2.06. The third-order valence-corrected chi connectivity index (χ3v) is 4.05. The number of tetrazole rings is 1. The number of halogens is 1. The second-order valence-corrected chi connectivity index (χ2v) is 6.40. The quantitative estimate of drug-likeness (QED) is 0.747. The van der Waals surface area contributed by atoms with E-state index in [4.69, 9.17) is 0 Å². The predicted molar refractivity (Wildman–Crippen MR) is 95.5 cm³/mol. The van der Waals surface area contributed by atoms with Crippen molar-refractivity contribution in [2.45, 2.75) is 20.4 Å². The summed E-state index contributed by atoms with van der Waals surface area (Å²) in [5.74, 6) is 0.276. The molecule has 0 spiro atoms. The molecular weight excluding hydrogens is 370 g/mol. The van der Waals surface area contributed by atoms with Gasteiger partial charge in [-0.1, -0.05) is 34.1 Å². The SMILES string of the molecule is Cc1cc(C)cc(NC(=O)Cn2nnc(-c3ccccc3Br)n2)c1. The highest BCUT2D eigenvalue weighted by Gasteiger charge is 2.11. The summed E-state index contributed by atoms with van der Waals surface area (Å²) < 4.78 is 0.879. The molecule has 0 unspecified atom stereocenters. The number of hydrogen-bond acceptors (Lipinski definition) is 4. The summed E-state index contributed by atoms with van der Waals surface area (Å²) in [6.07, 6.45) is 0. The molecule has 0 atom stereocenters. The van der Waals surface area contributed by atoms with Crippen molar-refractivity contribution >= 4 is 27.5 Å². The number of aryl methyl sites for hydroxylation is 2. The fourth-order valence-corrected chi connectivity index (χ4v) is 2.90. The second kappa shape index (κ2) is 6.92. The molecule has 6 nitrogen and oxygen atoms in total. The van der Waals surface area contributed by atoms with Gasteiger partial charge in [0.15, 0.2) is 0 Å². The summed E-state index contributed by atoms with van der Waals surface area (Å²) >= 11 is 3.45. The lowest BCUT2D eigenvalue weighted by molar-refractivity contribution is -0.117. The smallest absolute Gasteiger partial charge is 0.248 e. The van der Waals surface area contributed by atoms with Crippen molar-refractivity contribution in [3.63, 3.8) is 0 Å². The van der Waals surface area contributed by atoms with Crippen LogP contribution in [0.4, 0.5) is 5.69 Å². The van der Waals surface area contributed by atoms with Gasteiger partial charge in [-0.15, -0.1) is 10.2 Å². The van der Waals surface area contributed by atoms with Crippen LogP contribution < -0.4 is 5.32 Å². The topological polar surface area (TPSA) is 72.7 Å². The third kappa shape index (κ3) is 3.86. The van der Waals surface area contributed by atoms with Crippen LogP contribution in [0.1, 0.15) is 11.1 Å². The number of rotatable bonds is 4. The number of carbonyl (C=O) groups is 1. The van der Waals surface area contributed by atoms with E-state index in [-0.39, 0.29) is 12.5 Å². The average molecular weight is 386 g/mol. The first-order valence-corrected chi connectivity index (χ1v) is 8.21. The van der Waals surface area contributed by atoms with Crippen molar-refractivity contribution in [2.24, 2.45) is 0 Å². The van der Waals surface area contributed by atoms with Crippen LogP contribution in [-0.4, -0.2) is 26.1 Å². The lowest BCUT2D eigenvalue weighted by atomic mass is 10.1. The molecule has 7 heteroatoms. The van der Waals surface area contributed by atoms with Gasteiger partial charge < -0.3 is 5.32 Å². The van der Waals surface area contributed by atoms with Gasteiger partial charge in [-0.05, 0) is 54.5 Å². The molecule has 24 heavy (non-hydrogen) atoms. The molecule has 1 N–H and O–H groups in total. The van der Waals surface area contributed by atoms with Crippen LogP contribution in [-0.2, 0) is 11.3 Å². The van der Waals surface area contributed by atoms with Crippen LogP contribution in [0.15, 0.2) is 46.9 Å². The van der Waals surface area contributed by atoms with E-state index in [1.54, 1.807) is 0 Å². The van der Waals surface area contributed by atoms with Crippen molar-refractivity contribution in [1.29, 1.82) is 0 Å². The highest BCUT2D eigenvalue weighted by Crippen LogP contribution is 2.24. The number of nitrogens with one attached hydrogen (secondary N) is 1. The van der Waals surface area contributed by atoms with Gasteiger partial charge in [0.25, 0.3) is 0 Å². The Hall–Kier alpha value is -2.54. The molecule has 1 heterocycles. The highest BCUT2D eigenvalue weighted by atomic mass is 79.9. The maximum Gasteiger partial charge on any atom is 0.248 e. The Labute approximate surface area is 148 Å². The predicted octanol–water partition coefficient (Wildman–Crippen LogP) is 3.36. The van der Waals surface area contributed by atoms with Crippen LogP contribution in [0.2, 0.25) is 0 Å². The van der Waals surface area contributed by atoms with E-state index in [0.717, 1.165) is 26.9 Å². The molecule has 0 saturated carbocycles. The molecule has 1 amide bonds. The zero-order valence-corrected chi connectivity index (χ0v) is 14.9. The van der Waals surface area contributed by atoms with Crippen LogP contribution in [0.3, 0.4) is 0 Å². The number of hydrogen-bond donors (Lipinski definition) is 1. The first kappa shape index (κ1) is 16.3. The molecule has 0 bridgehead atoms. The molecule has 0 radical (unpaired) electrons.